The summed E-state index contributed by atoms with van der Waals surface area (Å²) in [6.45, 7) is 6.54. The lowest BCUT2D eigenvalue weighted by atomic mass is 9.78. The molecule has 0 aromatic heterocycles. The number of rotatable bonds is 7. The van der Waals surface area contributed by atoms with Gasteiger partial charge in [-0.3, -0.25) is 11.3 Å². The van der Waals surface area contributed by atoms with E-state index in [0.717, 1.165) is 18.6 Å². The molecule has 0 radical (unpaired) electrons. The molecule has 0 spiro atoms. The van der Waals surface area contributed by atoms with Gasteiger partial charge in [-0.25, -0.2) is 0 Å². The Morgan fingerprint density at radius 2 is 1.90 bits per heavy atom. The fourth-order valence-corrected chi connectivity index (χ4v) is 3.18. The third kappa shape index (κ3) is 2.97. The zero-order chi connectivity index (χ0) is 15.3. The summed E-state index contributed by atoms with van der Waals surface area (Å²) in [6, 6.07) is 6.25. The van der Waals surface area contributed by atoms with Crippen molar-refractivity contribution in [1.82, 2.24) is 10.3 Å². The van der Waals surface area contributed by atoms with Crippen molar-refractivity contribution >= 4 is 0 Å². The SMILES string of the molecule is CCC(CC)(C(NN)c1ccc(OC)cc1C)N(C)C. The summed E-state index contributed by atoms with van der Waals surface area (Å²) in [5, 5.41) is 0. The summed E-state index contributed by atoms with van der Waals surface area (Å²) in [5.41, 5.74) is 5.45. The first kappa shape index (κ1) is 17.0. The lowest BCUT2D eigenvalue weighted by Gasteiger charge is -2.45. The van der Waals surface area contributed by atoms with Crippen LogP contribution < -0.4 is 16.0 Å². The van der Waals surface area contributed by atoms with E-state index in [9.17, 15) is 0 Å². The number of hydrogen-bond acceptors (Lipinski definition) is 4. The van der Waals surface area contributed by atoms with Gasteiger partial charge in [-0.1, -0.05) is 19.9 Å². The fraction of sp³-hybridized carbons (Fsp3) is 0.625. The van der Waals surface area contributed by atoms with Gasteiger partial charge in [0.1, 0.15) is 5.75 Å². The summed E-state index contributed by atoms with van der Waals surface area (Å²) in [6.07, 6.45) is 2.05. The molecule has 0 aliphatic heterocycles. The van der Waals surface area contributed by atoms with E-state index in [0.29, 0.717) is 0 Å². The van der Waals surface area contributed by atoms with Crippen molar-refractivity contribution in [3.05, 3.63) is 29.3 Å². The summed E-state index contributed by atoms with van der Waals surface area (Å²) in [5.74, 6) is 6.79. The smallest absolute Gasteiger partial charge is 0.119 e. The molecule has 1 aromatic carbocycles. The first-order chi connectivity index (χ1) is 9.46. The highest BCUT2D eigenvalue weighted by Crippen LogP contribution is 2.37. The predicted octanol–water partition coefficient (Wildman–Crippen LogP) is 2.63. The minimum atomic E-state index is -0.00585. The van der Waals surface area contributed by atoms with E-state index in [1.165, 1.54) is 11.1 Å². The van der Waals surface area contributed by atoms with Crippen LogP contribution in [-0.2, 0) is 0 Å². The van der Waals surface area contributed by atoms with Crippen LogP contribution in [0.3, 0.4) is 0 Å². The van der Waals surface area contributed by atoms with Gasteiger partial charge in [0.05, 0.1) is 13.2 Å². The second-order valence-electron chi connectivity index (χ2n) is 5.53. The number of nitrogens with one attached hydrogen (secondary N) is 1. The van der Waals surface area contributed by atoms with E-state index in [-0.39, 0.29) is 11.6 Å². The van der Waals surface area contributed by atoms with Gasteiger partial charge < -0.3 is 9.64 Å². The minimum absolute atomic E-state index is 0.00585. The first-order valence-corrected chi connectivity index (χ1v) is 7.24. The van der Waals surface area contributed by atoms with Crippen molar-refractivity contribution in [2.24, 2.45) is 5.84 Å². The number of ether oxygens (including phenoxy) is 1. The topological polar surface area (TPSA) is 50.5 Å². The van der Waals surface area contributed by atoms with Gasteiger partial charge in [0, 0.05) is 5.54 Å². The van der Waals surface area contributed by atoms with Crippen LogP contribution in [0, 0.1) is 6.92 Å². The molecule has 1 rings (SSSR count). The Morgan fingerprint density at radius 1 is 1.30 bits per heavy atom. The van der Waals surface area contributed by atoms with E-state index < -0.39 is 0 Å². The van der Waals surface area contributed by atoms with E-state index in [1.807, 2.05) is 6.07 Å². The zero-order valence-electron chi connectivity index (χ0n) is 13.7. The highest BCUT2D eigenvalue weighted by molar-refractivity contribution is 5.38. The molecule has 0 heterocycles. The molecule has 4 heteroatoms. The number of methoxy groups -OCH3 is 1. The minimum Gasteiger partial charge on any atom is -0.497 e. The number of likely N-dealkylation sites (N-methyl/N-ethyl adjacent to an activating group) is 1. The predicted molar refractivity (Wildman–Crippen MR) is 84.8 cm³/mol. The number of hydrogen-bond donors (Lipinski definition) is 2. The van der Waals surface area contributed by atoms with Gasteiger partial charge in [0.15, 0.2) is 0 Å². The Hall–Kier alpha value is -1.10. The molecular weight excluding hydrogens is 250 g/mol. The fourth-order valence-electron chi connectivity index (χ4n) is 3.18. The number of aryl methyl sites for hydroxylation is 1. The van der Waals surface area contributed by atoms with Crippen LogP contribution in [0.1, 0.15) is 43.9 Å². The van der Waals surface area contributed by atoms with Gasteiger partial charge in [-0.05, 0) is 57.1 Å². The molecule has 0 aliphatic rings. The highest BCUT2D eigenvalue weighted by atomic mass is 16.5. The molecule has 3 N–H and O–H groups in total. The normalized spacial score (nSPS) is 13.6. The van der Waals surface area contributed by atoms with Crippen LogP contribution in [0.2, 0.25) is 0 Å². The van der Waals surface area contributed by atoms with Crippen LogP contribution in [0.25, 0.3) is 0 Å². The van der Waals surface area contributed by atoms with E-state index in [2.05, 4.69) is 57.3 Å². The Kier molecular flexibility index (Phi) is 5.99. The average molecular weight is 279 g/mol. The van der Waals surface area contributed by atoms with Crippen LogP contribution in [0.15, 0.2) is 18.2 Å². The van der Waals surface area contributed by atoms with Gasteiger partial charge in [-0.15, -0.1) is 0 Å². The number of nitrogens with two attached hydrogens (primary N) is 1. The maximum atomic E-state index is 5.91. The molecular formula is C16H29N3O. The van der Waals surface area contributed by atoms with Crippen LogP contribution in [-0.4, -0.2) is 31.6 Å². The van der Waals surface area contributed by atoms with Gasteiger partial charge >= 0.3 is 0 Å². The Balaban J connectivity index is 3.30. The van der Waals surface area contributed by atoms with Crippen molar-refractivity contribution < 1.29 is 4.74 Å². The van der Waals surface area contributed by atoms with Gasteiger partial charge in [0.25, 0.3) is 0 Å². The highest BCUT2D eigenvalue weighted by Gasteiger charge is 2.38. The molecule has 0 saturated heterocycles. The molecule has 0 aliphatic carbocycles. The van der Waals surface area contributed by atoms with Crippen molar-refractivity contribution in [1.29, 1.82) is 0 Å². The summed E-state index contributed by atoms with van der Waals surface area (Å²) >= 11 is 0. The maximum absolute atomic E-state index is 5.91. The second kappa shape index (κ2) is 7.07. The quantitative estimate of drug-likeness (QED) is 0.595. The number of benzene rings is 1. The van der Waals surface area contributed by atoms with E-state index >= 15 is 0 Å². The molecule has 114 valence electrons. The van der Waals surface area contributed by atoms with Crippen molar-refractivity contribution in [2.75, 3.05) is 21.2 Å². The zero-order valence-corrected chi connectivity index (χ0v) is 13.7. The molecule has 4 nitrogen and oxygen atoms in total. The van der Waals surface area contributed by atoms with Crippen LogP contribution in [0.5, 0.6) is 5.75 Å². The van der Waals surface area contributed by atoms with Crippen LogP contribution in [0.4, 0.5) is 0 Å². The summed E-state index contributed by atoms with van der Waals surface area (Å²) < 4.78 is 5.29. The first-order valence-electron chi connectivity index (χ1n) is 7.24. The second-order valence-corrected chi connectivity index (χ2v) is 5.53. The Morgan fingerprint density at radius 3 is 2.25 bits per heavy atom. The molecule has 1 aromatic rings. The maximum Gasteiger partial charge on any atom is 0.119 e. The van der Waals surface area contributed by atoms with Crippen molar-refractivity contribution in [3.8, 4) is 5.75 Å². The lowest BCUT2D eigenvalue weighted by Crippen LogP contribution is -2.54. The molecule has 0 saturated carbocycles. The molecule has 0 amide bonds. The van der Waals surface area contributed by atoms with Gasteiger partial charge in [0.2, 0.25) is 0 Å². The van der Waals surface area contributed by atoms with Gasteiger partial charge in [-0.2, -0.15) is 0 Å². The molecule has 1 atom stereocenters. The standard InChI is InChI=1S/C16H29N3O/c1-7-16(8-2,19(4)5)15(18-17)14-10-9-13(20-6)11-12(14)3/h9-11,15,18H,7-8,17H2,1-6H3. The Labute approximate surface area is 123 Å². The average Bonchev–Trinajstić information content (AvgIpc) is 2.45. The lowest BCUT2D eigenvalue weighted by molar-refractivity contribution is 0.0879. The van der Waals surface area contributed by atoms with Crippen molar-refractivity contribution in [2.45, 2.75) is 45.2 Å². The molecule has 0 bridgehead atoms. The summed E-state index contributed by atoms with van der Waals surface area (Å²) in [4.78, 5) is 2.28. The number of nitrogens with zero attached hydrogens (tertiary/aromatic N) is 1. The summed E-state index contributed by atoms with van der Waals surface area (Å²) in [7, 11) is 5.93. The molecule has 0 fully saturated rings. The third-order valence-electron chi connectivity index (χ3n) is 4.61. The van der Waals surface area contributed by atoms with Crippen LogP contribution >= 0.6 is 0 Å². The largest absolute Gasteiger partial charge is 0.497 e. The number of hydrazine groups is 1. The van der Waals surface area contributed by atoms with E-state index in [4.69, 9.17) is 10.6 Å². The molecule has 1 unspecified atom stereocenters. The third-order valence-corrected chi connectivity index (χ3v) is 4.61. The monoisotopic (exact) mass is 279 g/mol. The molecule has 20 heavy (non-hydrogen) atoms. The van der Waals surface area contributed by atoms with Crippen molar-refractivity contribution in [3.63, 3.8) is 0 Å². The Bertz CT molecular complexity index is 428. The van der Waals surface area contributed by atoms with E-state index in [1.54, 1.807) is 7.11 Å².